The highest BCUT2D eigenvalue weighted by atomic mass is 16.2. The summed E-state index contributed by atoms with van der Waals surface area (Å²) in [7, 11) is 0. The third-order valence-corrected chi connectivity index (χ3v) is 5.62. The quantitative estimate of drug-likeness (QED) is 0.769. The number of carbonyl (C=O) groups is 1. The largest absolute Gasteiger partial charge is 0.336 e. The third kappa shape index (κ3) is 2.83. The normalized spacial score (nSPS) is 17.0. The molecule has 3 heterocycles. The lowest BCUT2D eigenvalue weighted by Crippen LogP contribution is -2.52. The molecule has 1 aliphatic carbocycles. The number of nitrogens with one attached hydrogen (secondary N) is 1. The first-order chi connectivity index (χ1) is 13.2. The molecule has 138 valence electrons. The van der Waals surface area contributed by atoms with E-state index in [0.717, 1.165) is 47.8 Å². The Morgan fingerprint density at radius 2 is 2.00 bits per heavy atom. The number of H-pyrrole nitrogens is 1. The average molecular weight is 363 g/mol. The first-order valence-electron chi connectivity index (χ1n) is 9.51. The molecule has 1 aliphatic heterocycles. The Morgan fingerprint density at radius 3 is 2.89 bits per heavy atom. The van der Waals surface area contributed by atoms with Gasteiger partial charge in [0.05, 0.1) is 17.8 Å². The van der Waals surface area contributed by atoms with Crippen molar-refractivity contribution in [2.24, 2.45) is 5.92 Å². The van der Waals surface area contributed by atoms with Crippen LogP contribution < -0.4 is 5.56 Å². The van der Waals surface area contributed by atoms with E-state index in [1.165, 1.54) is 0 Å². The topological polar surface area (TPSA) is 83.9 Å². The molecule has 0 bridgehead atoms. The summed E-state index contributed by atoms with van der Waals surface area (Å²) in [4.78, 5) is 26.8. The number of benzene rings is 1. The van der Waals surface area contributed by atoms with Crippen LogP contribution in [0.3, 0.4) is 0 Å². The van der Waals surface area contributed by atoms with E-state index in [0.29, 0.717) is 25.3 Å². The van der Waals surface area contributed by atoms with Crippen LogP contribution in [0.1, 0.15) is 34.6 Å². The van der Waals surface area contributed by atoms with E-state index in [2.05, 4.69) is 15.3 Å². The van der Waals surface area contributed by atoms with Crippen molar-refractivity contribution in [1.82, 2.24) is 24.9 Å². The van der Waals surface area contributed by atoms with Crippen molar-refractivity contribution < 1.29 is 4.79 Å². The number of hydrogen-bond acceptors (Lipinski definition) is 4. The molecular formula is C20H21N5O2. The van der Waals surface area contributed by atoms with Gasteiger partial charge in [-0.25, -0.2) is 4.68 Å². The minimum atomic E-state index is -0.0607. The van der Waals surface area contributed by atoms with Crippen molar-refractivity contribution in [1.29, 1.82) is 0 Å². The van der Waals surface area contributed by atoms with Crippen LogP contribution in [0.25, 0.3) is 10.9 Å². The Bertz CT molecular complexity index is 1080. The van der Waals surface area contributed by atoms with Crippen LogP contribution in [-0.4, -0.2) is 43.9 Å². The van der Waals surface area contributed by atoms with Crippen LogP contribution in [-0.2, 0) is 19.4 Å². The molecule has 1 aromatic carbocycles. The smallest absolute Gasteiger partial charge is 0.275 e. The van der Waals surface area contributed by atoms with Gasteiger partial charge in [-0.3, -0.25) is 14.7 Å². The van der Waals surface area contributed by atoms with Gasteiger partial charge < -0.3 is 4.90 Å². The molecule has 0 saturated carbocycles. The number of carbonyl (C=O) groups excluding carboxylic acids is 1. The van der Waals surface area contributed by atoms with Gasteiger partial charge in [0, 0.05) is 30.5 Å². The van der Waals surface area contributed by atoms with Gasteiger partial charge >= 0.3 is 0 Å². The van der Waals surface area contributed by atoms with Gasteiger partial charge in [-0.15, -0.1) is 0 Å². The van der Waals surface area contributed by atoms with E-state index in [1.54, 1.807) is 15.6 Å². The van der Waals surface area contributed by atoms with Crippen LogP contribution in [0.15, 0.2) is 35.1 Å². The Balaban J connectivity index is 1.27. The van der Waals surface area contributed by atoms with Crippen LogP contribution in [0.2, 0.25) is 0 Å². The van der Waals surface area contributed by atoms with E-state index in [9.17, 15) is 9.59 Å². The van der Waals surface area contributed by atoms with Gasteiger partial charge in [-0.05, 0) is 37.3 Å². The van der Waals surface area contributed by atoms with E-state index in [4.69, 9.17) is 0 Å². The number of aromatic amines is 1. The lowest BCUT2D eigenvalue weighted by Gasteiger charge is -2.39. The van der Waals surface area contributed by atoms with Crippen LogP contribution >= 0.6 is 0 Å². The van der Waals surface area contributed by atoms with Crippen LogP contribution in [0.5, 0.6) is 0 Å². The maximum atomic E-state index is 12.7. The van der Waals surface area contributed by atoms with Gasteiger partial charge in [0.25, 0.3) is 11.5 Å². The highest BCUT2D eigenvalue weighted by Gasteiger charge is 2.33. The Labute approximate surface area is 156 Å². The number of aromatic nitrogens is 4. The second-order valence-electron chi connectivity index (χ2n) is 7.54. The Hall–Kier alpha value is -2.96. The van der Waals surface area contributed by atoms with Crippen molar-refractivity contribution in [3.63, 3.8) is 0 Å². The van der Waals surface area contributed by atoms with Gasteiger partial charge in [0.2, 0.25) is 0 Å². The molecule has 1 saturated heterocycles. The first kappa shape index (κ1) is 16.2. The maximum absolute atomic E-state index is 12.7. The fraction of sp³-hybridized carbons (Fsp3) is 0.400. The summed E-state index contributed by atoms with van der Waals surface area (Å²) in [6.45, 7) is 1.83. The summed E-state index contributed by atoms with van der Waals surface area (Å²) < 4.78 is 1.58. The number of amides is 1. The molecular weight excluding hydrogens is 342 g/mol. The molecule has 1 fully saturated rings. The number of fused-ring (bicyclic) bond motifs is 2. The molecule has 1 N–H and O–H groups in total. The number of hydrogen-bond donors (Lipinski definition) is 1. The number of rotatable bonds is 3. The molecule has 3 aromatic rings. The molecule has 5 rings (SSSR count). The standard InChI is InChI=1S/C20H21N5O2/c26-18-9-14-5-1-3-7-16(14)23-25(18)12-13-10-24(11-13)20(27)19-15-6-2-4-8-17(15)21-22-19/h2,4,6,8-9,13H,1,3,5,7,10-12H2,(H,21,22). The zero-order valence-corrected chi connectivity index (χ0v) is 15.0. The summed E-state index contributed by atoms with van der Waals surface area (Å²) in [6.07, 6.45) is 4.19. The van der Waals surface area contributed by atoms with Crippen LogP contribution in [0, 0.1) is 5.92 Å². The summed E-state index contributed by atoms with van der Waals surface area (Å²) in [6, 6.07) is 9.38. The number of likely N-dealkylation sites (tertiary alicyclic amines) is 1. The zero-order valence-electron chi connectivity index (χ0n) is 15.0. The Kier molecular flexibility index (Phi) is 3.81. The van der Waals surface area contributed by atoms with Gasteiger partial charge in [0.15, 0.2) is 5.69 Å². The average Bonchev–Trinajstić information content (AvgIpc) is 3.08. The molecule has 1 amide bonds. The van der Waals surface area contributed by atoms with E-state index < -0.39 is 0 Å². The molecule has 0 atom stereocenters. The summed E-state index contributed by atoms with van der Waals surface area (Å²) in [5, 5.41) is 12.5. The van der Waals surface area contributed by atoms with Gasteiger partial charge in [-0.2, -0.15) is 10.2 Å². The predicted molar refractivity (Wildman–Crippen MR) is 101 cm³/mol. The second-order valence-corrected chi connectivity index (χ2v) is 7.54. The molecule has 0 unspecified atom stereocenters. The van der Waals surface area contributed by atoms with Crippen molar-refractivity contribution in [2.75, 3.05) is 13.1 Å². The summed E-state index contributed by atoms with van der Waals surface area (Å²) >= 11 is 0. The fourth-order valence-corrected chi connectivity index (χ4v) is 4.10. The molecule has 2 aliphatic rings. The van der Waals surface area contributed by atoms with Crippen molar-refractivity contribution in [3.05, 3.63) is 57.6 Å². The van der Waals surface area contributed by atoms with E-state index >= 15 is 0 Å². The highest BCUT2D eigenvalue weighted by Crippen LogP contribution is 2.23. The van der Waals surface area contributed by atoms with E-state index in [-0.39, 0.29) is 17.4 Å². The van der Waals surface area contributed by atoms with Gasteiger partial charge in [-0.1, -0.05) is 18.2 Å². The molecule has 7 nitrogen and oxygen atoms in total. The second kappa shape index (κ2) is 6.33. The zero-order chi connectivity index (χ0) is 18.4. The highest BCUT2D eigenvalue weighted by molar-refractivity contribution is 6.04. The van der Waals surface area contributed by atoms with E-state index in [1.807, 2.05) is 24.3 Å². The molecule has 27 heavy (non-hydrogen) atoms. The monoisotopic (exact) mass is 363 g/mol. The SMILES string of the molecule is O=C(c1n[nH]c2ccccc12)N1CC(Cn2nc3c(cc2=O)CCCC3)C1. The third-order valence-electron chi connectivity index (χ3n) is 5.62. The molecule has 2 aromatic heterocycles. The number of nitrogens with zero attached hydrogens (tertiary/aromatic N) is 4. The van der Waals surface area contributed by atoms with Crippen molar-refractivity contribution in [2.45, 2.75) is 32.2 Å². The van der Waals surface area contributed by atoms with Crippen molar-refractivity contribution in [3.8, 4) is 0 Å². The first-order valence-corrected chi connectivity index (χ1v) is 9.51. The number of para-hydroxylation sites is 1. The lowest BCUT2D eigenvalue weighted by molar-refractivity contribution is 0.0454. The summed E-state index contributed by atoms with van der Waals surface area (Å²) in [5.74, 6) is 0.195. The van der Waals surface area contributed by atoms with Gasteiger partial charge in [0.1, 0.15) is 0 Å². The minimum Gasteiger partial charge on any atom is -0.336 e. The predicted octanol–water partition coefficient (Wildman–Crippen LogP) is 1.77. The van der Waals surface area contributed by atoms with Crippen molar-refractivity contribution >= 4 is 16.8 Å². The summed E-state index contributed by atoms with van der Waals surface area (Å²) in [5.41, 5.74) is 3.48. The lowest BCUT2D eigenvalue weighted by atomic mass is 9.96. The maximum Gasteiger partial charge on any atom is 0.275 e. The Morgan fingerprint density at radius 1 is 1.19 bits per heavy atom. The minimum absolute atomic E-state index is 0.0290. The molecule has 7 heteroatoms. The van der Waals surface area contributed by atoms with Crippen LogP contribution in [0.4, 0.5) is 0 Å². The number of aryl methyl sites for hydroxylation is 2. The fourth-order valence-electron chi connectivity index (χ4n) is 4.10. The molecule has 0 radical (unpaired) electrons. The molecule has 0 spiro atoms.